The van der Waals surface area contributed by atoms with Crippen LogP contribution in [-0.2, 0) is 0 Å². The largest absolute Gasteiger partial charge is 0.496 e. The average Bonchev–Trinajstić information content (AvgIpc) is 3.07. The molecule has 0 unspecified atom stereocenters. The van der Waals surface area contributed by atoms with E-state index in [9.17, 15) is 0 Å². The van der Waals surface area contributed by atoms with Crippen LogP contribution in [0.5, 0.6) is 17.2 Å². The van der Waals surface area contributed by atoms with E-state index in [1.807, 2.05) is 55.5 Å². The molecular formula is C19H22N4O3S. The molecule has 0 amide bonds. The van der Waals surface area contributed by atoms with Crippen LogP contribution >= 0.6 is 11.8 Å². The molecule has 8 heteroatoms. The number of thioether (sulfide) groups is 1. The first kappa shape index (κ1) is 18.9. The van der Waals surface area contributed by atoms with Gasteiger partial charge in [0.1, 0.15) is 17.2 Å². The number of nitrogens with two attached hydrogens (primary N) is 1. The highest BCUT2D eigenvalue weighted by molar-refractivity contribution is 7.99. The van der Waals surface area contributed by atoms with Crippen LogP contribution in [0.15, 0.2) is 53.7 Å². The van der Waals surface area contributed by atoms with Gasteiger partial charge in [-0.05, 0) is 43.3 Å². The number of nitrogens with zero attached hydrogens (tertiary/aromatic N) is 3. The van der Waals surface area contributed by atoms with Crippen molar-refractivity contribution >= 4 is 11.8 Å². The highest BCUT2D eigenvalue weighted by Crippen LogP contribution is 2.29. The Balaban J connectivity index is 1.55. The molecule has 0 bridgehead atoms. The fraction of sp³-hybridized carbons (Fsp3) is 0.263. The van der Waals surface area contributed by atoms with E-state index in [4.69, 9.17) is 20.1 Å². The number of para-hydroxylation sites is 1. The Hall–Kier alpha value is -2.87. The van der Waals surface area contributed by atoms with Crippen molar-refractivity contribution in [2.24, 2.45) is 0 Å². The summed E-state index contributed by atoms with van der Waals surface area (Å²) in [5.74, 6) is 9.73. The van der Waals surface area contributed by atoms with E-state index in [1.54, 1.807) is 7.11 Å². The molecule has 27 heavy (non-hydrogen) atoms. The first-order valence-electron chi connectivity index (χ1n) is 8.55. The topological polar surface area (TPSA) is 84.4 Å². The van der Waals surface area contributed by atoms with Gasteiger partial charge in [0.2, 0.25) is 5.16 Å². The number of aromatic nitrogens is 3. The molecule has 3 rings (SSSR count). The van der Waals surface area contributed by atoms with Crippen molar-refractivity contribution in [3.8, 4) is 28.6 Å². The summed E-state index contributed by atoms with van der Waals surface area (Å²) in [5.41, 5.74) is 0.799. The Morgan fingerprint density at radius 1 is 1.00 bits per heavy atom. The zero-order valence-corrected chi connectivity index (χ0v) is 16.1. The summed E-state index contributed by atoms with van der Waals surface area (Å²) in [4.78, 5) is 0. The maximum atomic E-state index is 6.16. The minimum absolute atomic E-state index is 0.523. The van der Waals surface area contributed by atoms with E-state index < -0.39 is 0 Å². The molecule has 2 aromatic carbocycles. The molecule has 142 valence electrons. The lowest BCUT2D eigenvalue weighted by Crippen LogP contribution is -2.12. The molecule has 0 spiro atoms. The third kappa shape index (κ3) is 4.65. The summed E-state index contributed by atoms with van der Waals surface area (Å²) in [6.07, 6.45) is 0. The molecule has 0 saturated heterocycles. The third-order valence-corrected chi connectivity index (χ3v) is 4.64. The first-order valence-corrected chi connectivity index (χ1v) is 9.53. The monoisotopic (exact) mass is 386 g/mol. The summed E-state index contributed by atoms with van der Waals surface area (Å²) in [6, 6.07) is 15.1. The van der Waals surface area contributed by atoms with E-state index in [2.05, 4.69) is 10.2 Å². The van der Waals surface area contributed by atoms with Gasteiger partial charge in [-0.3, -0.25) is 0 Å². The highest BCUT2D eigenvalue weighted by Gasteiger charge is 2.15. The highest BCUT2D eigenvalue weighted by atomic mass is 32.2. The summed E-state index contributed by atoms with van der Waals surface area (Å²) in [5, 5.41) is 8.98. The molecule has 2 N–H and O–H groups in total. The van der Waals surface area contributed by atoms with Crippen molar-refractivity contribution in [1.29, 1.82) is 0 Å². The van der Waals surface area contributed by atoms with Crippen LogP contribution in [0.3, 0.4) is 0 Å². The number of rotatable bonds is 9. The van der Waals surface area contributed by atoms with Gasteiger partial charge in [-0.25, -0.2) is 4.68 Å². The quantitative estimate of drug-likeness (QED) is 0.343. The number of hydrogen-bond acceptors (Lipinski definition) is 7. The SMILES string of the molecule is CCOc1ccc(OCCSc2nnc(-c3ccccc3OC)n2N)cc1. The van der Waals surface area contributed by atoms with Gasteiger partial charge in [0.25, 0.3) is 0 Å². The normalized spacial score (nSPS) is 10.6. The molecule has 0 atom stereocenters. The number of ether oxygens (including phenoxy) is 3. The van der Waals surface area contributed by atoms with Gasteiger partial charge in [0.05, 0.1) is 25.9 Å². The van der Waals surface area contributed by atoms with Gasteiger partial charge in [-0.15, -0.1) is 10.2 Å². The molecular weight excluding hydrogens is 364 g/mol. The van der Waals surface area contributed by atoms with Crippen molar-refractivity contribution in [2.75, 3.05) is 31.9 Å². The lowest BCUT2D eigenvalue weighted by atomic mass is 10.2. The molecule has 0 aliphatic rings. The van der Waals surface area contributed by atoms with Crippen molar-refractivity contribution in [1.82, 2.24) is 14.9 Å². The first-order chi connectivity index (χ1) is 13.2. The summed E-state index contributed by atoms with van der Waals surface area (Å²) >= 11 is 1.48. The van der Waals surface area contributed by atoms with Gasteiger partial charge in [0.15, 0.2) is 5.82 Å². The van der Waals surface area contributed by atoms with Crippen LogP contribution in [0.1, 0.15) is 6.92 Å². The van der Waals surface area contributed by atoms with Crippen LogP contribution in [0.2, 0.25) is 0 Å². The summed E-state index contributed by atoms with van der Waals surface area (Å²) < 4.78 is 18.0. The maximum absolute atomic E-state index is 6.16. The Bertz CT molecular complexity index is 868. The van der Waals surface area contributed by atoms with Crippen LogP contribution in [0.25, 0.3) is 11.4 Å². The van der Waals surface area contributed by atoms with E-state index in [1.165, 1.54) is 16.4 Å². The zero-order chi connectivity index (χ0) is 19.1. The van der Waals surface area contributed by atoms with Gasteiger partial charge >= 0.3 is 0 Å². The molecule has 1 heterocycles. The molecule has 1 aromatic heterocycles. The fourth-order valence-corrected chi connectivity index (χ4v) is 3.15. The van der Waals surface area contributed by atoms with E-state index in [-0.39, 0.29) is 0 Å². The number of methoxy groups -OCH3 is 1. The van der Waals surface area contributed by atoms with Crippen LogP contribution in [0, 0.1) is 0 Å². The van der Waals surface area contributed by atoms with Crippen LogP contribution in [0.4, 0.5) is 0 Å². The second-order valence-electron chi connectivity index (χ2n) is 5.48. The smallest absolute Gasteiger partial charge is 0.210 e. The number of nitrogen functional groups attached to an aromatic ring is 1. The minimum Gasteiger partial charge on any atom is -0.496 e. The second-order valence-corrected chi connectivity index (χ2v) is 6.54. The van der Waals surface area contributed by atoms with Crippen molar-refractivity contribution in [2.45, 2.75) is 12.1 Å². The fourth-order valence-electron chi connectivity index (χ4n) is 2.48. The minimum atomic E-state index is 0.523. The van der Waals surface area contributed by atoms with E-state index >= 15 is 0 Å². The average molecular weight is 386 g/mol. The number of benzene rings is 2. The Kier molecular flexibility index (Phi) is 6.43. The predicted molar refractivity (Wildman–Crippen MR) is 106 cm³/mol. The van der Waals surface area contributed by atoms with E-state index in [0.717, 1.165) is 17.1 Å². The third-order valence-electron chi connectivity index (χ3n) is 3.73. The molecule has 7 nitrogen and oxygen atoms in total. The molecule has 0 aliphatic carbocycles. The Labute approximate surface area is 162 Å². The standard InChI is InChI=1S/C19H22N4O3S/c1-3-25-14-8-10-15(11-9-14)26-12-13-27-19-22-21-18(23(19)20)16-6-4-5-7-17(16)24-2/h4-11H,3,12-13,20H2,1-2H3. The van der Waals surface area contributed by atoms with Crippen molar-refractivity contribution in [3.63, 3.8) is 0 Å². The zero-order valence-electron chi connectivity index (χ0n) is 15.3. The summed E-state index contributed by atoms with van der Waals surface area (Å²) in [7, 11) is 1.62. The van der Waals surface area contributed by atoms with Gasteiger partial charge < -0.3 is 20.1 Å². The van der Waals surface area contributed by atoms with Gasteiger partial charge in [0, 0.05) is 5.75 Å². The van der Waals surface area contributed by atoms with Gasteiger partial charge in [-0.1, -0.05) is 23.9 Å². The van der Waals surface area contributed by atoms with Gasteiger partial charge in [-0.2, -0.15) is 0 Å². The Morgan fingerprint density at radius 2 is 1.70 bits per heavy atom. The van der Waals surface area contributed by atoms with Crippen LogP contribution in [-0.4, -0.2) is 40.9 Å². The molecule has 0 radical (unpaired) electrons. The molecule has 0 saturated carbocycles. The lowest BCUT2D eigenvalue weighted by molar-refractivity contribution is 0.332. The summed E-state index contributed by atoms with van der Waals surface area (Å²) in [6.45, 7) is 3.13. The predicted octanol–water partition coefficient (Wildman–Crippen LogP) is 3.24. The van der Waals surface area contributed by atoms with E-state index in [0.29, 0.717) is 35.7 Å². The molecule has 0 fully saturated rings. The maximum Gasteiger partial charge on any atom is 0.210 e. The molecule has 0 aliphatic heterocycles. The lowest BCUT2D eigenvalue weighted by Gasteiger charge is -2.08. The second kappa shape index (κ2) is 9.18. The number of hydrogen-bond donors (Lipinski definition) is 1. The Morgan fingerprint density at radius 3 is 2.41 bits per heavy atom. The van der Waals surface area contributed by atoms with Crippen LogP contribution < -0.4 is 20.1 Å². The van der Waals surface area contributed by atoms with Crippen molar-refractivity contribution in [3.05, 3.63) is 48.5 Å². The van der Waals surface area contributed by atoms with Crippen molar-refractivity contribution < 1.29 is 14.2 Å². The molecule has 3 aromatic rings.